The summed E-state index contributed by atoms with van der Waals surface area (Å²) < 4.78 is 16.3. The van der Waals surface area contributed by atoms with Gasteiger partial charge in [-0.1, -0.05) is 18.2 Å². The van der Waals surface area contributed by atoms with E-state index in [4.69, 9.17) is 12.6 Å². The molecule has 1 aliphatic heterocycles. The molecule has 0 radical (unpaired) electrons. The monoisotopic (exact) mass is 456 g/mol. The molecule has 1 aromatic heterocycles. The largest absolute Gasteiger partial charge is 0.347 e. The number of hydrogen-bond acceptors (Lipinski definition) is 5. The van der Waals surface area contributed by atoms with Gasteiger partial charge in [0.1, 0.15) is 12.4 Å². The highest BCUT2D eigenvalue weighted by Crippen LogP contribution is 2.39. The van der Waals surface area contributed by atoms with Gasteiger partial charge in [0.25, 0.3) is 0 Å². The minimum absolute atomic E-state index is 0.0328. The second-order valence-corrected chi connectivity index (χ2v) is 9.44. The summed E-state index contributed by atoms with van der Waals surface area (Å²) in [7, 11) is 3.43. The molecule has 0 spiro atoms. The lowest BCUT2D eigenvalue weighted by Crippen LogP contribution is -2.42. The molecule has 1 saturated heterocycles. The number of Topliss-reactive ketones (excluding diaryl/α,β-unsaturated/α-hetero) is 1. The number of amides is 1. The number of ketones is 1. The van der Waals surface area contributed by atoms with Crippen LogP contribution < -0.4 is 0 Å². The van der Waals surface area contributed by atoms with Crippen LogP contribution in [0.1, 0.15) is 36.6 Å². The first-order valence-electron chi connectivity index (χ1n) is 11.0. The molecule has 0 bridgehead atoms. The molecule has 1 saturated carbocycles. The summed E-state index contributed by atoms with van der Waals surface area (Å²) in [6.07, 6.45) is 6.29. The van der Waals surface area contributed by atoms with Crippen molar-refractivity contribution in [3.8, 4) is 0 Å². The van der Waals surface area contributed by atoms with E-state index in [2.05, 4.69) is 10.00 Å². The smallest absolute Gasteiger partial charge is 0.243 e. The van der Waals surface area contributed by atoms with Gasteiger partial charge in [0.2, 0.25) is 5.91 Å². The number of likely N-dealkylation sites (N-methyl/N-ethyl adjacent to an activating group) is 1. The molecular weight excluding hydrogens is 427 g/mol. The van der Waals surface area contributed by atoms with Gasteiger partial charge in [-0.05, 0) is 43.0 Å². The lowest BCUT2D eigenvalue weighted by molar-refractivity contribution is -0.129. The molecule has 6 nitrogen and oxygen atoms in total. The molecule has 2 aromatic rings. The molecule has 2 aliphatic rings. The Bertz CT molecular complexity index is 1030. The zero-order valence-electron chi connectivity index (χ0n) is 18.4. The van der Waals surface area contributed by atoms with Crippen molar-refractivity contribution in [2.75, 3.05) is 27.2 Å². The topological polar surface area (TPSA) is 58.4 Å². The summed E-state index contributed by atoms with van der Waals surface area (Å²) >= 11 is 4.75. The van der Waals surface area contributed by atoms with Gasteiger partial charge in [0.05, 0.1) is 11.7 Å². The molecule has 2 fully saturated rings. The molecule has 1 aliphatic carbocycles. The summed E-state index contributed by atoms with van der Waals surface area (Å²) in [4.78, 5) is 28.7. The number of benzene rings is 1. The van der Waals surface area contributed by atoms with Crippen molar-refractivity contribution < 1.29 is 14.0 Å². The standard InChI is InChI=1S/C24H29FN4O2S/c1-27(2)22(30)15-29-12-9-18(26-29)13-17-14-28(11-10-21(17)32)23(24(31)16-7-8-16)19-5-3-4-6-20(19)25/h3-6,9,12-13,16,21,23,32H,7-8,10-11,14-15H2,1-2H3/b17-13+. The van der Waals surface area contributed by atoms with Crippen LogP contribution in [0.2, 0.25) is 0 Å². The van der Waals surface area contributed by atoms with E-state index in [1.807, 2.05) is 12.1 Å². The molecule has 8 heteroatoms. The van der Waals surface area contributed by atoms with Crippen LogP contribution in [0, 0.1) is 11.7 Å². The maximum Gasteiger partial charge on any atom is 0.243 e. The van der Waals surface area contributed by atoms with Gasteiger partial charge < -0.3 is 4.90 Å². The number of thiol groups is 1. The Kier molecular flexibility index (Phi) is 6.81. The zero-order chi connectivity index (χ0) is 22.8. The number of rotatable bonds is 7. The van der Waals surface area contributed by atoms with Crippen LogP contribution in [0.3, 0.4) is 0 Å². The average molecular weight is 457 g/mol. The van der Waals surface area contributed by atoms with Crippen LogP contribution in [-0.4, -0.2) is 63.7 Å². The quantitative estimate of drug-likeness (QED) is 0.650. The Morgan fingerprint density at radius 2 is 2.00 bits per heavy atom. The SMILES string of the molecule is CN(C)C(=O)Cn1ccc(/C=C2\CN(C(C(=O)C3CC3)c3ccccc3F)CCC2S)n1. The van der Waals surface area contributed by atoms with E-state index >= 15 is 0 Å². The zero-order valence-corrected chi connectivity index (χ0v) is 19.3. The van der Waals surface area contributed by atoms with Crippen molar-refractivity contribution in [1.29, 1.82) is 0 Å². The fourth-order valence-electron chi connectivity index (χ4n) is 4.08. The minimum Gasteiger partial charge on any atom is -0.347 e. The van der Waals surface area contributed by atoms with E-state index in [1.165, 1.54) is 11.0 Å². The number of piperidine rings is 1. The molecular formula is C24H29FN4O2S. The Hall–Kier alpha value is -2.45. The number of nitrogens with zero attached hydrogens (tertiary/aromatic N) is 4. The number of aromatic nitrogens is 2. The Morgan fingerprint density at radius 1 is 1.25 bits per heavy atom. The fourth-order valence-corrected chi connectivity index (χ4v) is 4.36. The van der Waals surface area contributed by atoms with E-state index in [-0.39, 0.29) is 35.2 Å². The first-order chi connectivity index (χ1) is 15.3. The lowest BCUT2D eigenvalue weighted by Gasteiger charge is -2.37. The molecule has 1 aromatic carbocycles. The third kappa shape index (κ3) is 5.13. The van der Waals surface area contributed by atoms with Gasteiger partial charge in [0.15, 0.2) is 5.78 Å². The maximum absolute atomic E-state index is 14.7. The van der Waals surface area contributed by atoms with Gasteiger partial charge in [-0.15, -0.1) is 0 Å². The van der Waals surface area contributed by atoms with E-state index in [0.717, 1.165) is 30.5 Å². The lowest BCUT2D eigenvalue weighted by atomic mass is 9.93. The fraction of sp³-hybridized carbons (Fsp3) is 0.458. The van der Waals surface area contributed by atoms with Crippen LogP contribution >= 0.6 is 12.6 Å². The van der Waals surface area contributed by atoms with Gasteiger partial charge in [-0.3, -0.25) is 19.2 Å². The predicted molar refractivity (Wildman–Crippen MR) is 125 cm³/mol. The summed E-state index contributed by atoms with van der Waals surface area (Å²) in [5, 5.41) is 4.53. The molecule has 1 amide bonds. The first-order valence-corrected chi connectivity index (χ1v) is 11.5. The van der Waals surface area contributed by atoms with E-state index in [9.17, 15) is 14.0 Å². The van der Waals surface area contributed by atoms with Gasteiger partial charge in [0, 0.05) is 50.1 Å². The third-order valence-electron chi connectivity index (χ3n) is 6.11. The number of hydrogen-bond donors (Lipinski definition) is 1. The van der Waals surface area contributed by atoms with E-state index < -0.39 is 6.04 Å². The molecule has 4 rings (SSSR count). The van der Waals surface area contributed by atoms with Crippen LogP contribution in [0.15, 0.2) is 42.1 Å². The summed E-state index contributed by atoms with van der Waals surface area (Å²) in [5.41, 5.74) is 2.23. The normalized spacial score (nSPS) is 21.5. The number of likely N-dealkylation sites (tertiary alicyclic amines) is 1. The van der Waals surface area contributed by atoms with Crippen LogP contribution in [-0.2, 0) is 16.1 Å². The number of carbonyl (C=O) groups is 2. The summed E-state index contributed by atoms with van der Waals surface area (Å²) in [5.74, 6) is -0.229. The third-order valence-corrected chi connectivity index (χ3v) is 6.70. The van der Waals surface area contributed by atoms with Gasteiger partial charge in [-0.25, -0.2) is 4.39 Å². The minimum atomic E-state index is -0.580. The molecule has 0 N–H and O–H groups in total. The molecule has 170 valence electrons. The van der Waals surface area contributed by atoms with Crippen molar-refractivity contribution in [3.05, 3.63) is 59.2 Å². The van der Waals surface area contributed by atoms with Crippen molar-refractivity contribution in [2.24, 2.45) is 5.92 Å². The Balaban J connectivity index is 1.56. The van der Waals surface area contributed by atoms with E-state index in [0.29, 0.717) is 18.7 Å². The molecule has 2 atom stereocenters. The van der Waals surface area contributed by atoms with Gasteiger partial charge >= 0.3 is 0 Å². The van der Waals surface area contributed by atoms with E-state index in [1.54, 1.807) is 43.2 Å². The average Bonchev–Trinajstić information content (AvgIpc) is 3.52. The number of carbonyl (C=O) groups excluding carboxylic acids is 2. The molecule has 2 unspecified atom stereocenters. The van der Waals surface area contributed by atoms with Crippen LogP contribution in [0.4, 0.5) is 4.39 Å². The Labute approximate surface area is 193 Å². The molecule has 2 heterocycles. The molecule has 32 heavy (non-hydrogen) atoms. The maximum atomic E-state index is 14.7. The van der Waals surface area contributed by atoms with Crippen molar-refractivity contribution in [1.82, 2.24) is 19.6 Å². The summed E-state index contributed by atoms with van der Waals surface area (Å²) in [6, 6.07) is 7.86. The highest BCUT2D eigenvalue weighted by atomic mass is 32.1. The van der Waals surface area contributed by atoms with Crippen LogP contribution in [0.5, 0.6) is 0 Å². The summed E-state index contributed by atoms with van der Waals surface area (Å²) in [6.45, 7) is 1.38. The highest BCUT2D eigenvalue weighted by Gasteiger charge is 2.40. The van der Waals surface area contributed by atoms with Crippen molar-refractivity contribution in [2.45, 2.75) is 37.1 Å². The highest BCUT2D eigenvalue weighted by molar-refractivity contribution is 7.81. The second-order valence-electron chi connectivity index (χ2n) is 8.82. The van der Waals surface area contributed by atoms with Crippen molar-refractivity contribution >= 4 is 30.4 Å². The van der Waals surface area contributed by atoms with Crippen molar-refractivity contribution in [3.63, 3.8) is 0 Å². The number of halogens is 1. The van der Waals surface area contributed by atoms with Gasteiger partial charge in [-0.2, -0.15) is 17.7 Å². The Morgan fingerprint density at radius 3 is 2.69 bits per heavy atom. The second kappa shape index (κ2) is 9.58. The first kappa shape index (κ1) is 22.7. The predicted octanol–water partition coefficient (Wildman–Crippen LogP) is 3.22. The van der Waals surface area contributed by atoms with Crippen LogP contribution in [0.25, 0.3) is 6.08 Å².